The molecule has 0 radical (unpaired) electrons. The van der Waals surface area contributed by atoms with Crippen LogP contribution in [0.2, 0.25) is 5.02 Å². The van der Waals surface area contributed by atoms with Crippen molar-refractivity contribution in [2.45, 2.75) is 18.4 Å². The molecule has 2 nitrogen and oxygen atoms in total. The van der Waals surface area contributed by atoms with Gasteiger partial charge in [-0.2, -0.15) is 0 Å². The molecule has 114 valence electrons. The average molecular weight is 321 g/mol. The molecule has 0 aliphatic heterocycles. The van der Waals surface area contributed by atoms with Gasteiger partial charge in [-0.1, -0.05) is 60.1 Å². The summed E-state index contributed by atoms with van der Waals surface area (Å²) < 4.78 is 0. The molecule has 0 bridgehead atoms. The SMILES string of the molecule is NC1CC1c1ccc(-c2ccccc2)nc1-c1ccc(Cl)cc1. The number of halogens is 1. The fourth-order valence-electron chi connectivity index (χ4n) is 2.95. The maximum absolute atomic E-state index is 6.07. The van der Waals surface area contributed by atoms with Gasteiger partial charge < -0.3 is 5.73 Å². The molecule has 2 N–H and O–H groups in total. The van der Waals surface area contributed by atoms with Crippen LogP contribution in [0.15, 0.2) is 66.7 Å². The standard InChI is InChI=1S/C20H17ClN2/c21-15-8-6-14(7-9-15)20-16(17-12-18(17)22)10-11-19(23-20)13-4-2-1-3-5-13/h1-11,17-18H,12,22H2. The Kier molecular flexibility index (Phi) is 3.64. The lowest BCUT2D eigenvalue weighted by Crippen LogP contribution is -2.03. The van der Waals surface area contributed by atoms with Gasteiger partial charge in [-0.25, -0.2) is 4.98 Å². The van der Waals surface area contributed by atoms with Crippen LogP contribution in [0, 0.1) is 0 Å². The van der Waals surface area contributed by atoms with Crippen molar-refractivity contribution >= 4 is 11.6 Å². The van der Waals surface area contributed by atoms with Crippen molar-refractivity contribution in [1.82, 2.24) is 4.98 Å². The van der Waals surface area contributed by atoms with Gasteiger partial charge in [0, 0.05) is 28.1 Å². The Labute approximate surface area is 140 Å². The molecule has 1 aromatic heterocycles. The highest BCUT2D eigenvalue weighted by Gasteiger charge is 2.37. The minimum atomic E-state index is 0.255. The molecule has 0 saturated heterocycles. The number of hydrogen-bond acceptors (Lipinski definition) is 2. The number of rotatable bonds is 3. The van der Waals surface area contributed by atoms with Crippen molar-refractivity contribution in [2.24, 2.45) is 5.73 Å². The van der Waals surface area contributed by atoms with Gasteiger partial charge in [-0.05, 0) is 30.2 Å². The van der Waals surface area contributed by atoms with E-state index in [1.807, 2.05) is 42.5 Å². The van der Waals surface area contributed by atoms with Crippen LogP contribution < -0.4 is 5.73 Å². The van der Waals surface area contributed by atoms with E-state index >= 15 is 0 Å². The molecule has 2 unspecified atom stereocenters. The highest BCUT2D eigenvalue weighted by atomic mass is 35.5. The predicted octanol–water partition coefficient (Wildman–Crippen LogP) is 4.88. The number of nitrogens with zero attached hydrogens (tertiary/aromatic N) is 1. The van der Waals surface area contributed by atoms with Crippen LogP contribution >= 0.6 is 11.6 Å². The Balaban J connectivity index is 1.84. The van der Waals surface area contributed by atoms with Gasteiger partial charge in [0.15, 0.2) is 0 Å². The number of nitrogens with two attached hydrogens (primary N) is 1. The van der Waals surface area contributed by atoms with Crippen LogP contribution in [-0.4, -0.2) is 11.0 Å². The Hall–Kier alpha value is -2.16. The predicted molar refractivity (Wildman–Crippen MR) is 95.5 cm³/mol. The summed E-state index contributed by atoms with van der Waals surface area (Å²) in [5.41, 5.74) is 11.5. The molecule has 1 aliphatic carbocycles. The number of aromatic nitrogens is 1. The largest absolute Gasteiger partial charge is 0.327 e. The van der Waals surface area contributed by atoms with E-state index in [0.29, 0.717) is 5.92 Å². The second kappa shape index (κ2) is 5.80. The molecule has 0 spiro atoms. The summed E-state index contributed by atoms with van der Waals surface area (Å²) in [4.78, 5) is 4.94. The summed E-state index contributed by atoms with van der Waals surface area (Å²) in [5, 5.41) is 0.734. The Morgan fingerprint density at radius 2 is 1.57 bits per heavy atom. The number of benzene rings is 2. The molecular weight excluding hydrogens is 304 g/mol. The third-order valence-electron chi connectivity index (χ3n) is 4.35. The van der Waals surface area contributed by atoms with Gasteiger partial charge in [0.2, 0.25) is 0 Å². The lowest BCUT2D eigenvalue weighted by Gasteiger charge is -2.11. The molecular formula is C20H17ClN2. The van der Waals surface area contributed by atoms with Crippen molar-refractivity contribution in [2.75, 3.05) is 0 Å². The molecule has 1 saturated carbocycles. The molecule has 4 rings (SSSR count). The van der Waals surface area contributed by atoms with E-state index < -0.39 is 0 Å². The minimum Gasteiger partial charge on any atom is -0.327 e. The van der Waals surface area contributed by atoms with Crippen molar-refractivity contribution in [3.8, 4) is 22.5 Å². The second-order valence-corrected chi connectivity index (χ2v) is 6.45. The number of pyridine rings is 1. The van der Waals surface area contributed by atoms with Crippen molar-refractivity contribution in [3.63, 3.8) is 0 Å². The zero-order chi connectivity index (χ0) is 15.8. The summed E-state index contributed by atoms with van der Waals surface area (Å²) in [7, 11) is 0. The van der Waals surface area contributed by atoms with Gasteiger partial charge >= 0.3 is 0 Å². The Morgan fingerprint density at radius 1 is 0.870 bits per heavy atom. The van der Waals surface area contributed by atoms with Crippen molar-refractivity contribution < 1.29 is 0 Å². The number of hydrogen-bond donors (Lipinski definition) is 1. The van der Waals surface area contributed by atoms with Crippen LogP contribution in [0.25, 0.3) is 22.5 Å². The minimum absolute atomic E-state index is 0.255. The maximum Gasteiger partial charge on any atom is 0.0744 e. The summed E-state index contributed by atoms with van der Waals surface area (Å²) in [6, 6.07) is 22.6. The van der Waals surface area contributed by atoms with Crippen LogP contribution in [0.3, 0.4) is 0 Å². The average Bonchev–Trinajstić information content (AvgIpc) is 3.32. The highest BCUT2D eigenvalue weighted by molar-refractivity contribution is 6.30. The van der Waals surface area contributed by atoms with E-state index in [-0.39, 0.29) is 6.04 Å². The Bertz CT molecular complexity index is 828. The van der Waals surface area contributed by atoms with Gasteiger partial charge in [0.05, 0.1) is 11.4 Å². The van der Waals surface area contributed by atoms with E-state index in [1.54, 1.807) is 0 Å². The first-order chi connectivity index (χ1) is 11.2. The fraction of sp³-hybridized carbons (Fsp3) is 0.150. The van der Waals surface area contributed by atoms with Gasteiger partial charge in [0.1, 0.15) is 0 Å². The van der Waals surface area contributed by atoms with Gasteiger partial charge in [-0.3, -0.25) is 0 Å². The molecule has 3 heteroatoms. The lowest BCUT2D eigenvalue weighted by atomic mass is 10.00. The van der Waals surface area contributed by atoms with Crippen LogP contribution in [0.5, 0.6) is 0 Å². The van der Waals surface area contributed by atoms with Gasteiger partial charge in [0.25, 0.3) is 0 Å². The van der Waals surface area contributed by atoms with Crippen LogP contribution in [0.4, 0.5) is 0 Å². The topological polar surface area (TPSA) is 38.9 Å². The first-order valence-electron chi connectivity index (χ1n) is 7.80. The van der Waals surface area contributed by atoms with E-state index in [1.165, 1.54) is 5.56 Å². The van der Waals surface area contributed by atoms with Crippen LogP contribution in [0.1, 0.15) is 17.9 Å². The molecule has 2 atom stereocenters. The van der Waals surface area contributed by atoms with E-state index in [2.05, 4.69) is 24.3 Å². The van der Waals surface area contributed by atoms with Crippen molar-refractivity contribution in [3.05, 3.63) is 77.3 Å². The quantitative estimate of drug-likeness (QED) is 0.746. The molecule has 3 aromatic rings. The maximum atomic E-state index is 6.07. The first-order valence-corrected chi connectivity index (χ1v) is 8.18. The lowest BCUT2D eigenvalue weighted by molar-refractivity contribution is 0.984. The zero-order valence-electron chi connectivity index (χ0n) is 12.6. The van der Waals surface area contributed by atoms with E-state index in [4.69, 9.17) is 22.3 Å². The van der Waals surface area contributed by atoms with E-state index in [0.717, 1.165) is 34.0 Å². The third kappa shape index (κ3) is 2.88. The summed E-state index contributed by atoms with van der Waals surface area (Å²) in [6.45, 7) is 0. The molecule has 0 amide bonds. The molecule has 23 heavy (non-hydrogen) atoms. The first kappa shape index (κ1) is 14.4. The summed E-state index contributed by atoms with van der Waals surface area (Å²) in [6.07, 6.45) is 1.03. The Morgan fingerprint density at radius 3 is 2.22 bits per heavy atom. The van der Waals surface area contributed by atoms with Crippen LogP contribution in [-0.2, 0) is 0 Å². The molecule has 1 fully saturated rings. The zero-order valence-corrected chi connectivity index (χ0v) is 13.4. The molecule has 1 aliphatic rings. The third-order valence-corrected chi connectivity index (χ3v) is 4.60. The highest BCUT2D eigenvalue weighted by Crippen LogP contribution is 2.43. The van der Waals surface area contributed by atoms with Gasteiger partial charge in [-0.15, -0.1) is 0 Å². The fourth-order valence-corrected chi connectivity index (χ4v) is 3.08. The second-order valence-electron chi connectivity index (χ2n) is 6.01. The molecule has 1 heterocycles. The normalized spacial score (nSPS) is 19.6. The van der Waals surface area contributed by atoms with Crippen molar-refractivity contribution in [1.29, 1.82) is 0 Å². The smallest absolute Gasteiger partial charge is 0.0744 e. The molecule has 2 aromatic carbocycles. The summed E-state index contributed by atoms with van der Waals surface area (Å²) >= 11 is 6.02. The summed E-state index contributed by atoms with van der Waals surface area (Å²) in [5.74, 6) is 0.415. The van der Waals surface area contributed by atoms with E-state index in [9.17, 15) is 0 Å². The monoisotopic (exact) mass is 320 g/mol.